The van der Waals surface area contributed by atoms with Crippen molar-refractivity contribution < 1.29 is 55.7 Å². The summed E-state index contributed by atoms with van der Waals surface area (Å²) in [6.07, 6.45) is 1.37. The van der Waals surface area contributed by atoms with Gasteiger partial charge in [0.05, 0.1) is 71.3 Å². The molecule has 1 unspecified atom stereocenters. The van der Waals surface area contributed by atoms with Gasteiger partial charge >= 0.3 is 5.97 Å². The Morgan fingerprint density at radius 2 is 1.44 bits per heavy atom. The minimum Gasteiger partial charge on any atom is -0.748 e. The molecule has 4 aromatic carbocycles. The molecule has 75 heavy (non-hydrogen) atoms. The minimum atomic E-state index is -4.41. The van der Waals surface area contributed by atoms with Crippen molar-refractivity contribution in [3.05, 3.63) is 135 Å². The Morgan fingerprint density at radius 1 is 0.813 bits per heavy atom. The van der Waals surface area contributed by atoms with Crippen molar-refractivity contribution in [2.75, 3.05) is 56.3 Å². The highest BCUT2D eigenvalue weighted by Crippen LogP contribution is 2.30. The zero-order valence-corrected chi connectivity index (χ0v) is 41.8. The molecule has 7 rings (SSSR count). The van der Waals surface area contributed by atoms with Crippen LogP contribution in [0.25, 0.3) is 33.0 Å². The predicted octanol–water partition coefficient (Wildman–Crippen LogP) is 2.22. The average Bonchev–Trinajstić information content (AvgIpc) is 3.38. The summed E-state index contributed by atoms with van der Waals surface area (Å²) >= 11 is 0. The molecule has 0 spiro atoms. The van der Waals surface area contributed by atoms with Crippen LogP contribution in [0.1, 0.15) is 67.2 Å². The van der Waals surface area contributed by atoms with Crippen molar-refractivity contribution in [1.82, 2.24) is 35.9 Å². The second-order valence-electron chi connectivity index (χ2n) is 17.2. The minimum absolute atomic E-state index is 0.0329. The van der Waals surface area contributed by atoms with Gasteiger partial charge in [0.2, 0.25) is 28.8 Å². The van der Waals surface area contributed by atoms with Crippen molar-refractivity contribution in [3.8, 4) is 5.75 Å². The lowest BCUT2D eigenvalue weighted by molar-refractivity contribution is -0.645. The van der Waals surface area contributed by atoms with E-state index in [0.717, 1.165) is 0 Å². The van der Waals surface area contributed by atoms with Crippen LogP contribution in [0.4, 0.5) is 11.6 Å². The Bertz CT molecular complexity index is 3370. The highest BCUT2D eigenvalue weighted by atomic mass is 32.2. The van der Waals surface area contributed by atoms with E-state index in [1.807, 2.05) is 16.7 Å². The van der Waals surface area contributed by atoms with E-state index in [0.29, 0.717) is 61.2 Å². The first kappa shape index (κ1) is 54.3. The Kier molecular flexibility index (Phi) is 18.1. The van der Waals surface area contributed by atoms with Gasteiger partial charge in [-0.3, -0.25) is 29.0 Å². The number of rotatable bonds is 25. The lowest BCUT2D eigenvalue weighted by Gasteiger charge is -2.18. The maximum Gasteiger partial charge on any atom is 0.345 e. The summed E-state index contributed by atoms with van der Waals surface area (Å²) < 4.78 is 53.1. The number of nitrogens with one attached hydrogen (secondary N) is 5. The van der Waals surface area contributed by atoms with Gasteiger partial charge in [0, 0.05) is 60.6 Å². The van der Waals surface area contributed by atoms with E-state index in [2.05, 4.69) is 41.2 Å². The lowest BCUT2D eigenvalue weighted by Crippen LogP contribution is -2.47. The molecule has 0 fully saturated rings. The third-order valence-electron chi connectivity index (χ3n) is 11.7. The Hall–Kier alpha value is -8.45. The number of carbonyl (C=O) groups excluding carboxylic acids is 5. The predicted molar refractivity (Wildman–Crippen MR) is 275 cm³/mol. The number of pyridine rings is 1. The van der Waals surface area contributed by atoms with E-state index in [1.54, 1.807) is 86.6 Å². The van der Waals surface area contributed by atoms with Crippen LogP contribution in [0.5, 0.6) is 5.75 Å². The first-order chi connectivity index (χ1) is 35.9. The number of esters is 1. The van der Waals surface area contributed by atoms with Gasteiger partial charge in [0.15, 0.2) is 17.7 Å². The zero-order chi connectivity index (χ0) is 53.6. The fourth-order valence-electron chi connectivity index (χ4n) is 8.18. The molecule has 392 valence electrons. The molecule has 9 N–H and O–H groups in total. The van der Waals surface area contributed by atoms with Crippen LogP contribution >= 0.6 is 0 Å². The smallest absolute Gasteiger partial charge is 0.345 e. The highest BCUT2D eigenvalue weighted by Gasteiger charge is 2.27. The van der Waals surface area contributed by atoms with Gasteiger partial charge < -0.3 is 51.5 Å². The van der Waals surface area contributed by atoms with E-state index in [-0.39, 0.29) is 100 Å². The number of aryl methyl sites for hydroxylation is 3. The number of nitrogen functional groups attached to an aromatic ring is 1. The van der Waals surface area contributed by atoms with Crippen LogP contribution in [0.2, 0.25) is 0 Å². The maximum absolute atomic E-state index is 14.1. The molecule has 3 aromatic heterocycles. The fourth-order valence-corrected chi connectivity index (χ4v) is 8.66. The summed E-state index contributed by atoms with van der Waals surface area (Å²) in [5.41, 5.74) is 15.0. The summed E-state index contributed by atoms with van der Waals surface area (Å²) in [5, 5.41) is 12.5. The summed E-state index contributed by atoms with van der Waals surface area (Å²) in [6, 6.07) is 23.0. The number of nitrogens with two attached hydrogens (primary N) is 2. The van der Waals surface area contributed by atoms with E-state index in [4.69, 9.17) is 25.7 Å². The van der Waals surface area contributed by atoms with Crippen molar-refractivity contribution in [1.29, 1.82) is 0 Å². The largest absolute Gasteiger partial charge is 0.748 e. The van der Waals surface area contributed by atoms with Crippen LogP contribution in [-0.4, -0.2) is 114 Å². The molecule has 24 heteroatoms. The summed E-state index contributed by atoms with van der Waals surface area (Å²) in [6.45, 7) is 4.85. The molecule has 0 aliphatic carbocycles. The number of benzene rings is 4. The van der Waals surface area contributed by atoms with Crippen LogP contribution in [0.15, 0.2) is 95.9 Å². The number of primary amides is 1. The summed E-state index contributed by atoms with van der Waals surface area (Å²) in [5.74, 6) is -3.00. The molecule has 0 aliphatic rings. The van der Waals surface area contributed by atoms with Crippen molar-refractivity contribution in [2.45, 2.75) is 52.2 Å². The first-order valence-electron chi connectivity index (χ1n) is 23.7. The summed E-state index contributed by atoms with van der Waals surface area (Å²) in [7, 11) is -4.41. The Labute approximate surface area is 429 Å². The van der Waals surface area contributed by atoms with Gasteiger partial charge in [-0.2, -0.15) is 9.55 Å². The van der Waals surface area contributed by atoms with Crippen molar-refractivity contribution >= 4 is 84.3 Å². The number of para-hydroxylation sites is 2. The van der Waals surface area contributed by atoms with Gasteiger partial charge in [-0.1, -0.05) is 24.3 Å². The third-order valence-corrected chi connectivity index (χ3v) is 12.5. The van der Waals surface area contributed by atoms with Gasteiger partial charge in [-0.15, -0.1) is 0 Å². The SMILES string of the molecule is Cc1cc(C(=O)NCCOCCOCCNC(=O)C(CCC(N)=O)NC(=O)c2ccc(NCc3cnc4nc(N)[nH]c(=O)c4n3)cc2)cc(C)c1OC(=O)c1c2ccccc2[n+](CCCS(=O)(=O)[O-])c2ccccc12. The van der Waals surface area contributed by atoms with Crippen LogP contribution < -0.4 is 47.6 Å². The van der Waals surface area contributed by atoms with E-state index < -0.39 is 51.2 Å². The highest BCUT2D eigenvalue weighted by molar-refractivity contribution is 7.85. The standard InChI is InChI=1S/C51H55N11O12S/c1-30-26-33(27-31(2)44(30)74-50(68)42-36-8-3-5-10-39(36)62(20-7-25-75(69,70)71)40-11-6-4-9-37(40)42)46(64)54-18-21-72-23-24-73-22-19-55-48(66)38(16-17-41(52)63)59-47(65)32-12-14-34(15-13-32)56-28-35-29-57-45-43(58-35)49(67)61-51(53)60-45/h3-6,8-15,26-27,29,38H,7,16-25,28H2,1-2H3,(H9-,52,53,54,55,56,57,59,60,61,63,64,65,66,67,69,70,71). The molecule has 4 amide bonds. The second kappa shape index (κ2) is 25.0. The fraction of sp³-hybridized carbons (Fsp3) is 0.294. The molecular formula is C51H55N11O12S. The van der Waals surface area contributed by atoms with E-state index in [1.165, 1.54) is 6.20 Å². The van der Waals surface area contributed by atoms with E-state index in [9.17, 15) is 41.7 Å². The number of hydrogen-bond acceptors (Lipinski definition) is 17. The number of aromatic amines is 1. The molecule has 0 aliphatic heterocycles. The summed E-state index contributed by atoms with van der Waals surface area (Å²) in [4.78, 5) is 91.9. The van der Waals surface area contributed by atoms with Crippen LogP contribution in [-0.2, 0) is 42.3 Å². The molecule has 1 atom stereocenters. The van der Waals surface area contributed by atoms with E-state index >= 15 is 0 Å². The monoisotopic (exact) mass is 1050 g/mol. The van der Waals surface area contributed by atoms with Gasteiger partial charge in [-0.25, -0.2) is 23.2 Å². The Balaban J connectivity index is 0.818. The van der Waals surface area contributed by atoms with Crippen molar-refractivity contribution in [3.63, 3.8) is 0 Å². The average molecular weight is 1050 g/mol. The number of amides is 4. The molecule has 23 nitrogen and oxygen atoms in total. The van der Waals surface area contributed by atoms with Crippen LogP contribution in [0.3, 0.4) is 0 Å². The molecule has 0 radical (unpaired) electrons. The number of nitrogens with zero attached hydrogens (tertiary/aromatic N) is 4. The van der Waals surface area contributed by atoms with Gasteiger partial charge in [0.25, 0.3) is 17.4 Å². The van der Waals surface area contributed by atoms with Crippen LogP contribution in [0, 0.1) is 13.8 Å². The zero-order valence-electron chi connectivity index (χ0n) is 41.0. The number of H-pyrrole nitrogens is 1. The molecular weight excluding hydrogens is 991 g/mol. The maximum atomic E-state index is 14.1. The molecule has 0 bridgehead atoms. The number of fused-ring (bicyclic) bond motifs is 3. The second-order valence-corrected chi connectivity index (χ2v) is 18.7. The number of hydrogen-bond donors (Lipinski definition) is 7. The first-order valence-corrected chi connectivity index (χ1v) is 25.3. The normalized spacial score (nSPS) is 11.8. The lowest BCUT2D eigenvalue weighted by atomic mass is 10.0. The Morgan fingerprint density at radius 3 is 2.07 bits per heavy atom. The van der Waals surface area contributed by atoms with Gasteiger partial charge in [0.1, 0.15) is 11.8 Å². The third kappa shape index (κ3) is 14.6. The molecule has 3 heterocycles. The number of carbonyl (C=O) groups is 5. The number of ether oxygens (including phenoxy) is 3. The number of anilines is 2. The quantitative estimate of drug-likeness (QED) is 0.0108. The molecule has 0 saturated carbocycles. The topological polar surface area (TPSA) is 346 Å². The molecule has 7 aromatic rings. The molecule has 0 saturated heterocycles. The number of aromatic nitrogens is 5. The van der Waals surface area contributed by atoms with Crippen molar-refractivity contribution in [2.24, 2.45) is 5.73 Å². The van der Waals surface area contributed by atoms with Gasteiger partial charge in [-0.05, 0) is 79.9 Å².